The number of aryl methyl sites for hydroxylation is 1. The maximum Gasteiger partial charge on any atom is 0.292 e. The third-order valence-electron chi connectivity index (χ3n) is 3.11. The van der Waals surface area contributed by atoms with Gasteiger partial charge in [-0.25, -0.2) is 0 Å². The Morgan fingerprint density at radius 2 is 2.00 bits per heavy atom. The number of hydrogen-bond donors (Lipinski definition) is 1. The molecular weight excluding hydrogens is 268 g/mol. The van der Waals surface area contributed by atoms with E-state index >= 15 is 0 Å². The van der Waals surface area contributed by atoms with Crippen LogP contribution in [0.4, 0.5) is 11.4 Å². The van der Waals surface area contributed by atoms with Gasteiger partial charge in [-0.15, -0.1) is 0 Å². The molecule has 0 bridgehead atoms. The fourth-order valence-corrected chi connectivity index (χ4v) is 2.04. The van der Waals surface area contributed by atoms with Crippen LogP contribution in [0, 0.1) is 17.0 Å². The number of para-hydroxylation sites is 1. The van der Waals surface area contributed by atoms with E-state index in [0.717, 1.165) is 16.9 Å². The minimum absolute atomic E-state index is 0.0801. The van der Waals surface area contributed by atoms with Gasteiger partial charge in [0.1, 0.15) is 18.0 Å². The van der Waals surface area contributed by atoms with Crippen LogP contribution >= 0.6 is 0 Å². The van der Waals surface area contributed by atoms with Crippen molar-refractivity contribution < 1.29 is 9.66 Å². The first kappa shape index (κ1) is 14.8. The molecule has 0 aliphatic carbocycles. The highest BCUT2D eigenvalue weighted by Crippen LogP contribution is 2.26. The SMILES string of the molecule is CCNc1cc(COc2ccccc2C)ccc1[N+](=O)[O-]. The maximum atomic E-state index is 11.0. The van der Waals surface area contributed by atoms with Gasteiger partial charge in [0.2, 0.25) is 0 Å². The number of benzene rings is 2. The van der Waals surface area contributed by atoms with E-state index in [1.54, 1.807) is 12.1 Å². The minimum atomic E-state index is -0.385. The Balaban J connectivity index is 2.15. The average Bonchev–Trinajstić information content (AvgIpc) is 2.46. The molecule has 0 radical (unpaired) electrons. The van der Waals surface area contributed by atoms with Gasteiger partial charge in [-0.05, 0) is 43.2 Å². The predicted octanol–water partition coefficient (Wildman–Crippen LogP) is 3.91. The number of nitro benzene ring substituents is 1. The minimum Gasteiger partial charge on any atom is -0.489 e. The quantitative estimate of drug-likeness (QED) is 0.646. The number of rotatable bonds is 6. The van der Waals surface area contributed by atoms with Crippen molar-refractivity contribution >= 4 is 11.4 Å². The average molecular weight is 286 g/mol. The summed E-state index contributed by atoms with van der Waals surface area (Å²) in [5, 5.41) is 14.0. The van der Waals surface area contributed by atoms with Crippen LogP contribution in [0.15, 0.2) is 42.5 Å². The Labute approximate surface area is 123 Å². The van der Waals surface area contributed by atoms with E-state index < -0.39 is 0 Å². The normalized spacial score (nSPS) is 10.2. The van der Waals surface area contributed by atoms with Gasteiger partial charge in [-0.3, -0.25) is 10.1 Å². The predicted molar refractivity (Wildman–Crippen MR) is 82.8 cm³/mol. The summed E-state index contributed by atoms with van der Waals surface area (Å²) < 4.78 is 5.76. The van der Waals surface area contributed by atoms with Crippen LogP contribution in [-0.4, -0.2) is 11.5 Å². The monoisotopic (exact) mass is 286 g/mol. The zero-order valence-corrected chi connectivity index (χ0v) is 12.1. The number of hydrogen-bond acceptors (Lipinski definition) is 4. The largest absolute Gasteiger partial charge is 0.489 e. The molecule has 0 fully saturated rings. The lowest BCUT2D eigenvalue weighted by molar-refractivity contribution is -0.384. The van der Waals surface area contributed by atoms with E-state index in [2.05, 4.69) is 5.32 Å². The summed E-state index contributed by atoms with van der Waals surface area (Å²) in [6, 6.07) is 12.8. The zero-order chi connectivity index (χ0) is 15.2. The summed E-state index contributed by atoms with van der Waals surface area (Å²) in [6.07, 6.45) is 0. The third-order valence-corrected chi connectivity index (χ3v) is 3.11. The molecule has 0 heterocycles. The molecule has 0 atom stereocenters. The molecule has 0 spiro atoms. The molecule has 0 aliphatic heterocycles. The van der Waals surface area contributed by atoms with Crippen LogP contribution in [0.25, 0.3) is 0 Å². The van der Waals surface area contributed by atoms with Gasteiger partial charge in [0.15, 0.2) is 0 Å². The second kappa shape index (κ2) is 6.74. The number of anilines is 1. The highest BCUT2D eigenvalue weighted by atomic mass is 16.6. The van der Waals surface area contributed by atoms with E-state index in [0.29, 0.717) is 18.8 Å². The molecule has 2 aromatic rings. The molecule has 5 nitrogen and oxygen atoms in total. The molecule has 21 heavy (non-hydrogen) atoms. The first-order valence-electron chi connectivity index (χ1n) is 6.81. The molecule has 0 aromatic heterocycles. The fourth-order valence-electron chi connectivity index (χ4n) is 2.04. The summed E-state index contributed by atoms with van der Waals surface area (Å²) in [4.78, 5) is 10.6. The number of nitro groups is 1. The van der Waals surface area contributed by atoms with Crippen molar-refractivity contribution in [2.75, 3.05) is 11.9 Å². The molecule has 2 aromatic carbocycles. The lowest BCUT2D eigenvalue weighted by Gasteiger charge is -2.10. The van der Waals surface area contributed by atoms with Gasteiger partial charge in [0.25, 0.3) is 5.69 Å². The number of ether oxygens (including phenoxy) is 1. The lowest BCUT2D eigenvalue weighted by atomic mass is 10.1. The van der Waals surface area contributed by atoms with Gasteiger partial charge >= 0.3 is 0 Å². The zero-order valence-electron chi connectivity index (χ0n) is 12.1. The standard InChI is InChI=1S/C16H18N2O3/c1-3-17-14-10-13(8-9-15(14)18(19)20)11-21-16-7-5-4-6-12(16)2/h4-10,17H,3,11H2,1-2H3. The maximum absolute atomic E-state index is 11.0. The molecule has 0 unspecified atom stereocenters. The Morgan fingerprint density at radius 3 is 2.67 bits per heavy atom. The lowest BCUT2D eigenvalue weighted by Crippen LogP contribution is -2.03. The third kappa shape index (κ3) is 3.72. The second-order valence-corrected chi connectivity index (χ2v) is 4.69. The van der Waals surface area contributed by atoms with Crippen LogP contribution in [0.5, 0.6) is 5.75 Å². The van der Waals surface area contributed by atoms with E-state index in [1.807, 2.05) is 38.1 Å². The highest BCUT2D eigenvalue weighted by Gasteiger charge is 2.13. The molecule has 2 rings (SSSR count). The van der Waals surface area contributed by atoms with Crippen molar-refractivity contribution in [1.29, 1.82) is 0 Å². The van der Waals surface area contributed by atoms with E-state index in [4.69, 9.17) is 4.74 Å². The summed E-state index contributed by atoms with van der Waals surface area (Å²) in [5.74, 6) is 0.820. The molecule has 0 aliphatic rings. The van der Waals surface area contributed by atoms with E-state index in [-0.39, 0.29) is 10.6 Å². The Kier molecular flexibility index (Phi) is 4.77. The Morgan fingerprint density at radius 1 is 1.24 bits per heavy atom. The van der Waals surface area contributed by atoms with Gasteiger partial charge in [0, 0.05) is 12.6 Å². The van der Waals surface area contributed by atoms with Crippen LogP contribution in [0.1, 0.15) is 18.1 Å². The highest BCUT2D eigenvalue weighted by molar-refractivity contribution is 5.62. The number of nitrogens with one attached hydrogen (secondary N) is 1. The molecule has 110 valence electrons. The van der Waals surface area contributed by atoms with Crippen molar-refractivity contribution in [3.63, 3.8) is 0 Å². The molecule has 5 heteroatoms. The van der Waals surface area contributed by atoms with Crippen molar-refractivity contribution in [2.24, 2.45) is 0 Å². The summed E-state index contributed by atoms with van der Waals surface area (Å²) >= 11 is 0. The fraction of sp³-hybridized carbons (Fsp3) is 0.250. The Bertz CT molecular complexity index is 641. The van der Waals surface area contributed by atoms with Crippen LogP contribution in [0.2, 0.25) is 0 Å². The van der Waals surface area contributed by atoms with Crippen molar-refractivity contribution in [2.45, 2.75) is 20.5 Å². The summed E-state index contributed by atoms with van der Waals surface area (Å²) in [5.41, 5.74) is 2.55. The van der Waals surface area contributed by atoms with Crippen LogP contribution in [0.3, 0.4) is 0 Å². The topological polar surface area (TPSA) is 64.4 Å². The molecule has 1 N–H and O–H groups in total. The molecule has 0 saturated heterocycles. The first-order chi connectivity index (χ1) is 10.1. The first-order valence-corrected chi connectivity index (χ1v) is 6.81. The van der Waals surface area contributed by atoms with Crippen molar-refractivity contribution in [3.8, 4) is 5.75 Å². The van der Waals surface area contributed by atoms with Gasteiger partial charge in [0.05, 0.1) is 4.92 Å². The smallest absolute Gasteiger partial charge is 0.292 e. The van der Waals surface area contributed by atoms with Crippen LogP contribution < -0.4 is 10.1 Å². The van der Waals surface area contributed by atoms with E-state index in [9.17, 15) is 10.1 Å². The Hall–Kier alpha value is -2.56. The van der Waals surface area contributed by atoms with Gasteiger partial charge < -0.3 is 10.1 Å². The summed E-state index contributed by atoms with van der Waals surface area (Å²) in [7, 11) is 0. The number of nitrogens with zero attached hydrogens (tertiary/aromatic N) is 1. The molecule has 0 amide bonds. The van der Waals surface area contributed by atoms with E-state index in [1.165, 1.54) is 6.07 Å². The molecule has 0 saturated carbocycles. The summed E-state index contributed by atoms with van der Waals surface area (Å²) in [6.45, 7) is 4.89. The molecular formula is C16H18N2O3. The second-order valence-electron chi connectivity index (χ2n) is 4.69. The van der Waals surface area contributed by atoms with Gasteiger partial charge in [-0.2, -0.15) is 0 Å². The van der Waals surface area contributed by atoms with Gasteiger partial charge in [-0.1, -0.05) is 18.2 Å². The van der Waals surface area contributed by atoms with Crippen LogP contribution in [-0.2, 0) is 6.61 Å². The van der Waals surface area contributed by atoms with Crippen molar-refractivity contribution in [1.82, 2.24) is 0 Å². The van der Waals surface area contributed by atoms with Crippen molar-refractivity contribution in [3.05, 3.63) is 63.7 Å².